The standard InChI is InChI=1S/C27H46/c1-3-4-5-6-7-8-27(24-13-14-24)26-18-23(19-26)17-22-10-9-21(16-22)11-12-25-15-20(25)2/h3,20-27H,1,4-19H2,2H3/t20-,21?,22?,23?,25?,26?,27?/m1/s1. The number of hydrogen-bond acceptors (Lipinski definition) is 0. The third-order valence-corrected chi connectivity index (χ3v) is 9.09. The van der Waals surface area contributed by atoms with Gasteiger partial charge < -0.3 is 0 Å². The summed E-state index contributed by atoms with van der Waals surface area (Å²) in [5.41, 5.74) is 0. The second-order valence-electron chi connectivity index (χ2n) is 11.4. The van der Waals surface area contributed by atoms with Crippen molar-refractivity contribution < 1.29 is 0 Å². The van der Waals surface area contributed by atoms with Crippen molar-refractivity contribution in [2.45, 2.75) is 110 Å². The molecule has 27 heavy (non-hydrogen) atoms. The maximum absolute atomic E-state index is 3.86. The van der Waals surface area contributed by atoms with Crippen LogP contribution in [0.4, 0.5) is 0 Å². The molecule has 4 saturated carbocycles. The Morgan fingerprint density at radius 2 is 1.59 bits per heavy atom. The van der Waals surface area contributed by atoms with Crippen LogP contribution in [0.25, 0.3) is 0 Å². The zero-order chi connectivity index (χ0) is 18.6. The van der Waals surface area contributed by atoms with Crippen LogP contribution in [-0.2, 0) is 0 Å². The van der Waals surface area contributed by atoms with E-state index in [9.17, 15) is 0 Å². The third kappa shape index (κ3) is 5.86. The number of rotatable bonds is 13. The molecule has 0 heterocycles. The van der Waals surface area contributed by atoms with Crippen molar-refractivity contribution in [3.8, 4) is 0 Å². The fourth-order valence-electron chi connectivity index (χ4n) is 6.93. The van der Waals surface area contributed by atoms with E-state index in [0.29, 0.717) is 0 Å². The maximum Gasteiger partial charge on any atom is -0.0353 e. The Morgan fingerprint density at radius 3 is 2.30 bits per heavy atom. The molecule has 0 aromatic carbocycles. The topological polar surface area (TPSA) is 0 Å². The monoisotopic (exact) mass is 370 g/mol. The van der Waals surface area contributed by atoms with Crippen molar-refractivity contribution in [1.29, 1.82) is 0 Å². The first kappa shape index (κ1) is 20.0. The minimum atomic E-state index is 1.07. The third-order valence-electron chi connectivity index (χ3n) is 9.09. The summed E-state index contributed by atoms with van der Waals surface area (Å²) in [5.74, 6) is 8.88. The normalized spacial score (nSPS) is 39.1. The van der Waals surface area contributed by atoms with Gasteiger partial charge in [-0.1, -0.05) is 45.1 Å². The molecular formula is C27H46. The van der Waals surface area contributed by atoms with E-state index in [1.54, 1.807) is 70.6 Å². The van der Waals surface area contributed by atoms with Crippen molar-refractivity contribution in [2.24, 2.45) is 47.3 Å². The largest absolute Gasteiger partial charge is 0.103 e. The Kier molecular flexibility index (Phi) is 7.04. The zero-order valence-corrected chi connectivity index (χ0v) is 18.2. The van der Waals surface area contributed by atoms with Gasteiger partial charge in [0.25, 0.3) is 0 Å². The molecule has 0 nitrogen and oxygen atoms in total. The second-order valence-corrected chi connectivity index (χ2v) is 11.4. The van der Waals surface area contributed by atoms with Gasteiger partial charge in [0.2, 0.25) is 0 Å². The van der Waals surface area contributed by atoms with Crippen LogP contribution >= 0.6 is 0 Å². The summed E-state index contributed by atoms with van der Waals surface area (Å²) in [7, 11) is 0. The predicted molar refractivity (Wildman–Crippen MR) is 118 cm³/mol. The van der Waals surface area contributed by atoms with E-state index in [0.717, 1.165) is 47.3 Å². The van der Waals surface area contributed by atoms with Gasteiger partial charge in [0.1, 0.15) is 0 Å². The summed E-state index contributed by atoms with van der Waals surface area (Å²) in [5, 5.41) is 0. The molecule has 0 amide bonds. The molecule has 0 saturated heterocycles. The Bertz CT molecular complexity index is 455. The van der Waals surface area contributed by atoms with Gasteiger partial charge in [-0.25, -0.2) is 0 Å². The lowest BCUT2D eigenvalue weighted by Crippen LogP contribution is -2.32. The van der Waals surface area contributed by atoms with Crippen LogP contribution in [0.5, 0.6) is 0 Å². The summed E-state index contributed by atoms with van der Waals surface area (Å²) in [4.78, 5) is 0. The van der Waals surface area contributed by atoms with Crippen molar-refractivity contribution in [3.63, 3.8) is 0 Å². The van der Waals surface area contributed by atoms with E-state index in [1.807, 2.05) is 0 Å². The van der Waals surface area contributed by atoms with Crippen molar-refractivity contribution in [3.05, 3.63) is 12.7 Å². The van der Waals surface area contributed by atoms with E-state index in [-0.39, 0.29) is 0 Å². The van der Waals surface area contributed by atoms with Gasteiger partial charge in [-0.15, -0.1) is 6.58 Å². The van der Waals surface area contributed by atoms with Gasteiger partial charge >= 0.3 is 0 Å². The predicted octanol–water partition coefficient (Wildman–Crippen LogP) is 8.42. The summed E-state index contributed by atoms with van der Waals surface area (Å²) in [6.45, 7) is 6.31. The molecule has 0 N–H and O–H groups in total. The van der Waals surface area contributed by atoms with Crippen molar-refractivity contribution >= 4 is 0 Å². The number of unbranched alkanes of at least 4 members (excludes halogenated alkanes) is 3. The molecule has 0 radical (unpaired) electrons. The first-order valence-electron chi connectivity index (χ1n) is 12.8. The molecule has 4 rings (SSSR count). The highest BCUT2D eigenvalue weighted by Crippen LogP contribution is 2.53. The highest BCUT2D eigenvalue weighted by Gasteiger charge is 2.43. The van der Waals surface area contributed by atoms with Gasteiger partial charge in [0, 0.05) is 0 Å². The molecule has 5 atom stereocenters. The maximum atomic E-state index is 3.86. The number of hydrogen-bond donors (Lipinski definition) is 0. The zero-order valence-electron chi connectivity index (χ0n) is 18.2. The molecule has 0 aromatic rings. The van der Waals surface area contributed by atoms with E-state index in [1.165, 1.54) is 32.1 Å². The van der Waals surface area contributed by atoms with Crippen LogP contribution in [0.1, 0.15) is 110 Å². The van der Waals surface area contributed by atoms with Crippen LogP contribution in [0, 0.1) is 47.3 Å². The van der Waals surface area contributed by atoms with Crippen LogP contribution in [0.2, 0.25) is 0 Å². The lowest BCUT2D eigenvalue weighted by molar-refractivity contribution is 0.0837. The molecule has 0 bridgehead atoms. The van der Waals surface area contributed by atoms with Gasteiger partial charge in [-0.05, 0) is 118 Å². The number of allylic oxidation sites excluding steroid dienone is 1. The molecule has 4 fully saturated rings. The molecular weight excluding hydrogens is 324 g/mol. The Balaban J connectivity index is 1.09. The van der Waals surface area contributed by atoms with E-state index < -0.39 is 0 Å². The highest BCUT2D eigenvalue weighted by atomic mass is 14.5. The molecule has 0 spiro atoms. The highest BCUT2D eigenvalue weighted by molar-refractivity contribution is 4.93. The minimum absolute atomic E-state index is 1.07. The second kappa shape index (κ2) is 9.49. The summed E-state index contributed by atoms with van der Waals surface area (Å²) < 4.78 is 0. The molecule has 154 valence electrons. The average molecular weight is 371 g/mol. The lowest BCUT2D eigenvalue weighted by Gasteiger charge is -2.42. The molecule has 0 aromatic heterocycles. The average Bonchev–Trinajstić information content (AvgIpc) is 3.54. The summed E-state index contributed by atoms with van der Waals surface area (Å²) >= 11 is 0. The fraction of sp³-hybridized carbons (Fsp3) is 0.926. The quantitative estimate of drug-likeness (QED) is 0.225. The molecule has 4 unspecified atom stereocenters. The van der Waals surface area contributed by atoms with E-state index in [4.69, 9.17) is 0 Å². The van der Waals surface area contributed by atoms with Gasteiger partial charge in [-0.3, -0.25) is 0 Å². The molecule has 4 aliphatic carbocycles. The summed E-state index contributed by atoms with van der Waals surface area (Å²) in [6, 6.07) is 0. The van der Waals surface area contributed by atoms with Gasteiger partial charge in [-0.2, -0.15) is 0 Å². The lowest BCUT2D eigenvalue weighted by atomic mass is 9.63. The van der Waals surface area contributed by atoms with Gasteiger partial charge in [0.15, 0.2) is 0 Å². The van der Waals surface area contributed by atoms with E-state index in [2.05, 4.69) is 19.6 Å². The van der Waals surface area contributed by atoms with Crippen LogP contribution < -0.4 is 0 Å². The Labute approximate surface area is 170 Å². The first-order valence-corrected chi connectivity index (χ1v) is 12.8. The first-order chi connectivity index (χ1) is 13.2. The van der Waals surface area contributed by atoms with Crippen molar-refractivity contribution in [1.82, 2.24) is 0 Å². The molecule has 4 aliphatic rings. The van der Waals surface area contributed by atoms with Crippen LogP contribution in [-0.4, -0.2) is 0 Å². The van der Waals surface area contributed by atoms with Crippen molar-refractivity contribution in [2.75, 3.05) is 0 Å². The Hall–Kier alpha value is -0.260. The van der Waals surface area contributed by atoms with E-state index >= 15 is 0 Å². The molecule has 0 aliphatic heterocycles. The van der Waals surface area contributed by atoms with Gasteiger partial charge in [0.05, 0.1) is 0 Å². The van der Waals surface area contributed by atoms with Crippen LogP contribution in [0.15, 0.2) is 12.7 Å². The van der Waals surface area contributed by atoms with Crippen LogP contribution in [0.3, 0.4) is 0 Å². The Morgan fingerprint density at radius 1 is 0.815 bits per heavy atom. The SMILES string of the molecule is C=CCCCCCC(C1CC1)C1CC(CC2CCC(CCC3C[C@H]3C)C2)C1. The fourth-order valence-corrected chi connectivity index (χ4v) is 6.93. The molecule has 0 heteroatoms. The minimum Gasteiger partial charge on any atom is -0.103 e. The summed E-state index contributed by atoms with van der Waals surface area (Å²) in [6.07, 6.45) is 26.5. The smallest absolute Gasteiger partial charge is 0.0353 e.